The summed E-state index contributed by atoms with van der Waals surface area (Å²) in [6, 6.07) is 22.3. The summed E-state index contributed by atoms with van der Waals surface area (Å²) < 4.78 is 26.8. The number of nitrogens with one attached hydrogen (secondary N) is 1. The molecular formula is C31H37N3O5S. The number of anilines is 1. The van der Waals surface area contributed by atoms with Crippen molar-refractivity contribution >= 4 is 33.3 Å². The molecule has 1 N–H and O–H groups in total. The Labute approximate surface area is 237 Å². The number of benzene rings is 3. The molecule has 0 fully saturated rings. The van der Waals surface area contributed by atoms with Gasteiger partial charge in [-0.3, -0.25) is 18.7 Å². The minimum Gasteiger partial charge on any atom is -0.354 e. The van der Waals surface area contributed by atoms with E-state index in [-0.39, 0.29) is 30.3 Å². The Bertz CT molecular complexity index is 1440. The van der Waals surface area contributed by atoms with Crippen LogP contribution in [0.3, 0.4) is 0 Å². The Hall–Kier alpha value is -3.98. The third-order valence-electron chi connectivity index (χ3n) is 6.64. The van der Waals surface area contributed by atoms with Gasteiger partial charge in [0.1, 0.15) is 12.6 Å². The number of carbonyl (C=O) groups is 3. The van der Waals surface area contributed by atoms with Crippen molar-refractivity contribution < 1.29 is 22.8 Å². The number of rotatable bonds is 13. The predicted octanol–water partition coefficient (Wildman–Crippen LogP) is 4.13. The molecule has 9 heteroatoms. The maximum absolute atomic E-state index is 14.1. The summed E-state index contributed by atoms with van der Waals surface area (Å²) in [6.45, 7) is 5.30. The first-order chi connectivity index (χ1) is 19.0. The molecule has 0 aliphatic rings. The van der Waals surface area contributed by atoms with Crippen molar-refractivity contribution in [1.29, 1.82) is 0 Å². The molecule has 0 saturated heterocycles. The number of sulfonamides is 1. The molecule has 0 saturated carbocycles. The summed E-state index contributed by atoms with van der Waals surface area (Å²) >= 11 is 0. The Morgan fingerprint density at radius 2 is 1.60 bits per heavy atom. The topological polar surface area (TPSA) is 104 Å². The number of Topliss-reactive ketones (excluding diaryl/α,β-unsaturated/α-hetero) is 1. The summed E-state index contributed by atoms with van der Waals surface area (Å²) in [7, 11) is -3.92. The van der Waals surface area contributed by atoms with E-state index in [2.05, 4.69) is 5.32 Å². The fraction of sp³-hybridized carbons (Fsp3) is 0.323. The minimum atomic E-state index is -3.92. The van der Waals surface area contributed by atoms with Crippen molar-refractivity contribution in [3.8, 4) is 0 Å². The van der Waals surface area contributed by atoms with Crippen LogP contribution in [0, 0.1) is 6.92 Å². The Kier molecular flexibility index (Phi) is 10.6. The second-order valence-electron chi connectivity index (χ2n) is 9.82. The first-order valence-electron chi connectivity index (χ1n) is 13.3. The zero-order chi connectivity index (χ0) is 29.3. The summed E-state index contributed by atoms with van der Waals surface area (Å²) in [6.07, 6.45) is 2.00. The molecule has 0 aromatic heterocycles. The van der Waals surface area contributed by atoms with Gasteiger partial charge in [0.25, 0.3) is 0 Å². The van der Waals surface area contributed by atoms with Gasteiger partial charge in [-0.2, -0.15) is 0 Å². The van der Waals surface area contributed by atoms with E-state index in [1.807, 2.05) is 68.4 Å². The van der Waals surface area contributed by atoms with Crippen LogP contribution in [0.15, 0.2) is 78.9 Å². The Morgan fingerprint density at radius 3 is 2.23 bits per heavy atom. The molecule has 3 aromatic rings. The highest BCUT2D eigenvalue weighted by Crippen LogP contribution is 2.22. The average molecular weight is 564 g/mol. The normalized spacial score (nSPS) is 11.9. The average Bonchev–Trinajstić information content (AvgIpc) is 2.93. The van der Waals surface area contributed by atoms with Crippen LogP contribution in [0.1, 0.15) is 47.3 Å². The van der Waals surface area contributed by atoms with Crippen molar-refractivity contribution in [3.05, 3.63) is 101 Å². The van der Waals surface area contributed by atoms with Crippen LogP contribution in [0.25, 0.3) is 0 Å². The lowest BCUT2D eigenvalue weighted by Gasteiger charge is -2.34. The number of amides is 2. The van der Waals surface area contributed by atoms with Crippen molar-refractivity contribution in [2.45, 2.75) is 46.2 Å². The number of nitrogens with zero attached hydrogens (tertiary/aromatic N) is 2. The highest BCUT2D eigenvalue weighted by molar-refractivity contribution is 7.92. The fourth-order valence-corrected chi connectivity index (χ4v) is 5.23. The third kappa shape index (κ3) is 8.26. The third-order valence-corrected chi connectivity index (χ3v) is 7.78. The van der Waals surface area contributed by atoms with Crippen molar-refractivity contribution in [2.24, 2.45) is 0 Å². The standard InChI is InChI=1S/C31H37N3O5S/c1-5-18-32-31(37)29(19-25-13-7-6-8-14-25)33(21-27-15-10-9-12-23(27)2)30(36)22-34(40(4,38)39)28-17-11-16-26(20-28)24(3)35/h6-17,20,29H,5,18-19,21-22H2,1-4H3,(H,32,37)/t29-/m0/s1. The molecular weight excluding hydrogens is 526 g/mol. The molecule has 0 aliphatic heterocycles. The van der Waals surface area contributed by atoms with Gasteiger partial charge in [-0.05, 0) is 49.1 Å². The SMILES string of the molecule is CCCNC(=O)[C@H](Cc1ccccc1)N(Cc1ccccc1C)C(=O)CN(c1cccc(C(C)=O)c1)S(C)(=O)=O. The molecule has 0 unspecified atom stereocenters. The second-order valence-corrected chi connectivity index (χ2v) is 11.7. The van der Waals surface area contributed by atoms with Crippen LogP contribution < -0.4 is 9.62 Å². The lowest BCUT2D eigenvalue weighted by Crippen LogP contribution is -2.53. The quantitative estimate of drug-likeness (QED) is 0.315. The van der Waals surface area contributed by atoms with Gasteiger partial charge in [-0.25, -0.2) is 8.42 Å². The Balaban J connectivity index is 2.07. The van der Waals surface area contributed by atoms with Crippen LogP contribution in [-0.2, 0) is 32.6 Å². The second kappa shape index (κ2) is 13.9. The van der Waals surface area contributed by atoms with E-state index in [0.717, 1.165) is 33.7 Å². The van der Waals surface area contributed by atoms with Crippen LogP contribution in [0.5, 0.6) is 0 Å². The van der Waals surface area contributed by atoms with Crippen molar-refractivity contribution in [1.82, 2.24) is 10.2 Å². The number of hydrogen-bond acceptors (Lipinski definition) is 5. The summed E-state index contributed by atoms with van der Waals surface area (Å²) in [4.78, 5) is 41.1. The first-order valence-corrected chi connectivity index (χ1v) is 15.1. The highest BCUT2D eigenvalue weighted by atomic mass is 32.2. The molecule has 0 aliphatic carbocycles. The van der Waals surface area contributed by atoms with E-state index in [9.17, 15) is 22.8 Å². The summed E-state index contributed by atoms with van der Waals surface area (Å²) in [5.74, 6) is -1.06. The molecule has 3 aromatic carbocycles. The van der Waals surface area contributed by atoms with Crippen molar-refractivity contribution in [3.63, 3.8) is 0 Å². The molecule has 0 radical (unpaired) electrons. The van der Waals surface area contributed by atoms with E-state index < -0.39 is 28.5 Å². The largest absolute Gasteiger partial charge is 0.354 e. The first kappa shape index (κ1) is 30.6. The van der Waals surface area contributed by atoms with E-state index >= 15 is 0 Å². The molecule has 40 heavy (non-hydrogen) atoms. The number of hydrogen-bond donors (Lipinski definition) is 1. The molecule has 0 bridgehead atoms. The monoisotopic (exact) mass is 563 g/mol. The van der Waals surface area contributed by atoms with Gasteiger partial charge in [0.15, 0.2) is 5.78 Å². The lowest BCUT2D eigenvalue weighted by molar-refractivity contribution is -0.140. The van der Waals surface area contributed by atoms with Crippen LogP contribution in [0.4, 0.5) is 5.69 Å². The minimum absolute atomic E-state index is 0.119. The van der Waals surface area contributed by atoms with Gasteiger partial charge >= 0.3 is 0 Å². The van der Waals surface area contributed by atoms with E-state index in [1.54, 1.807) is 18.2 Å². The van der Waals surface area contributed by atoms with Crippen molar-refractivity contribution in [2.75, 3.05) is 23.7 Å². The molecule has 8 nitrogen and oxygen atoms in total. The van der Waals surface area contributed by atoms with Gasteiger partial charge in [0.2, 0.25) is 21.8 Å². The van der Waals surface area contributed by atoms with Gasteiger partial charge in [0.05, 0.1) is 11.9 Å². The molecule has 1 atom stereocenters. The zero-order valence-electron chi connectivity index (χ0n) is 23.5. The maximum atomic E-state index is 14.1. The maximum Gasteiger partial charge on any atom is 0.244 e. The smallest absolute Gasteiger partial charge is 0.244 e. The van der Waals surface area contributed by atoms with E-state index in [4.69, 9.17) is 0 Å². The molecule has 0 spiro atoms. The van der Waals surface area contributed by atoms with Crippen LogP contribution in [-0.4, -0.2) is 56.3 Å². The highest BCUT2D eigenvalue weighted by Gasteiger charge is 2.33. The van der Waals surface area contributed by atoms with E-state index in [0.29, 0.717) is 12.1 Å². The lowest BCUT2D eigenvalue weighted by atomic mass is 10.0. The van der Waals surface area contributed by atoms with Crippen LogP contribution >= 0.6 is 0 Å². The van der Waals surface area contributed by atoms with Gasteiger partial charge in [-0.1, -0.05) is 73.7 Å². The number of carbonyl (C=O) groups excluding carboxylic acids is 3. The van der Waals surface area contributed by atoms with Gasteiger partial charge < -0.3 is 10.2 Å². The molecule has 212 valence electrons. The summed E-state index contributed by atoms with van der Waals surface area (Å²) in [5.41, 5.74) is 3.20. The van der Waals surface area contributed by atoms with Crippen LogP contribution in [0.2, 0.25) is 0 Å². The van der Waals surface area contributed by atoms with Gasteiger partial charge in [0, 0.05) is 25.1 Å². The number of ketones is 1. The zero-order valence-corrected chi connectivity index (χ0v) is 24.3. The fourth-order valence-electron chi connectivity index (χ4n) is 4.38. The van der Waals surface area contributed by atoms with Gasteiger partial charge in [-0.15, -0.1) is 0 Å². The van der Waals surface area contributed by atoms with E-state index in [1.165, 1.54) is 17.9 Å². The summed E-state index contributed by atoms with van der Waals surface area (Å²) in [5, 5.41) is 2.92. The predicted molar refractivity (Wildman–Crippen MR) is 158 cm³/mol. The number of aryl methyl sites for hydroxylation is 1. The Morgan fingerprint density at radius 1 is 0.925 bits per heavy atom. The molecule has 3 rings (SSSR count). The molecule has 0 heterocycles. The molecule has 2 amide bonds.